The zero-order valence-corrected chi connectivity index (χ0v) is 11.8. The minimum atomic E-state index is 0.488. The van der Waals surface area contributed by atoms with E-state index in [4.69, 9.17) is 5.73 Å². The SMILES string of the molecule is CCC(C)n1ccc(CN2CCC(C)C2CN)n1. The summed E-state index contributed by atoms with van der Waals surface area (Å²) in [4.78, 5) is 2.48. The third kappa shape index (κ3) is 2.75. The van der Waals surface area contributed by atoms with Gasteiger partial charge in [0, 0.05) is 31.4 Å². The van der Waals surface area contributed by atoms with E-state index in [0.29, 0.717) is 18.0 Å². The van der Waals surface area contributed by atoms with Gasteiger partial charge >= 0.3 is 0 Å². The first-order valence-corrected chi connectivity index (χ1v) is 7.13. The number of hydrogen-bond acceptors (Lipinski definition) is 3. The zero-order valence-electron chi connectivity index (χ0n) is 11.8. The van der Waals surface area contributed by atoms with Gasteiger partial charge in [-0.15, -0.1) is 0 Å². The van der Waals surface area contributed by atoms with Crippen LogP contribution in [-0.2, 0) is 6.54 Å². The van der Waals surface area contributed by atoms with Crippen LogP contribution in [0.4, 0.5) is 0 Å². The fourth-order valence-electron chi connectivity index (χ4n) is 2.77. The minimum Gasteiger partial charge on any atom is -0.329 e. The molecule has 0 bridgehead atoms. The first-order chi connectivity index (χ1) is 8.65. The number of likely N-dealkylation sites (tertiary alicyclic amines) is 1. The Morgan fingerprint density at radius 1 is 1.56 bits per heavy atom. The highest BCUT2D eigenvalue weighted by molar-refractivity contribution is 5.01. The average Bonchev–Trinajstić information content (AvgIpc) is 2.96. The van der Waals surface area contributed by atoms with Crippen molar-refractivity contribution in [3.8, 4) is 0 Å². The second kappa shape index (κ2) is 5.85. The molecule has 1 aromatic heterocycles. The Morgan fingerprint density at radius 2 is 2.33 bits per heavy atom. The summed E-state index contributed by atoms with van der Waals surface area (Å²) in [6, 6.07) is 3.16. The number of hydrogen-bond donors (Lipinski definition) is 1. The molecule has 0 aliphatic carbocycles. The van der Waals surface area contributed by atoms with Gasteiger partial charge in [0.15, 0.2) is 0 Å². The van der Waals surface area contributed by atoms with Crippen LogP contribution in [0.1, 0.15) is 45.3 Å². The predicted molar refractivity (Wildman–Crippen MR) is 74.3 cm³/mol. The molecule has 1 aromatic rings. The molecule has 4 nitrogen and oxygen atoms in total. The lowest BCUT2D eigenvalue weighted by Gasteiger charge is -2.24. The molecular formula is C14H26N4. The molecule has 0 radical (unpaired) electrons. The van der Waals surface area contributed by atoms with Crippen molar-refractivity contribution in [3.63, 3.8) is 0 Å². The molecule has 2 rings (SSSR count). The normalized spacial score (nSPS) is 26.7. The Kier molecular flexibility index (Phi) is 4.40. The number of nitrogens with zero attached hydrogens (tertiary/aromatic N) is 3. The number of nitrogens with two attached hydrogens (primary N) is 1. The molecule has 3 atom stereocenters. The van der Waals surface area contributed by atoms with E-state index in [1.807, 2.05) is 0 Å². The first-order valence-electron chi connectivity index (χ1n) is 7.13. The van der Waals surface area contributed by atoms with E-state index in [0.717, 1.165) is 26.1 Å². The van der Waals surface area contributed by atoms with E-state index in [-0.39, 0.29) is 0 Å². The monoisotopic (exact) mass is 250 g/mol. The van der Waals surface area contributed by atoms with E-state index >= 15 is 0 Å². The van der Waals surface area contributed by atoms with Gasteiger partial charge in [-0.25, -0.2) is 0 Å². The molecule has 1 fully saturated rings. The Bertz CT molecular complexity index is 374. The van der Waals surface area contributed by atoms with Crippen LogP contribution in [-0.4, -0.2) is 33.8 Å². The molecule has 0 saturated carbocycles. The molecule has 102 valence electrons. The van der Waals surface area contributed by atoms with Gasteiger partial charge in [-0.3, -0.25) is 9.58 Å². The fraction of sp³-hybridized carbons (Fsp3) is 0.786. The molecule has 18 heavy (non-hydrogen) atoms. The van der Waals surface area contributed by atoms with Gasteiger partial charge in [0.1, 0.15) is 0 Å². The molecule has 0 spiro atoms. The Morgan fingerprint density at radius 3 is 3.00 bits per heavy atom. The predicted octanol–water partition coefficient (Wildman–Crippen LogP) is 2.02. The van der Waals surface area contributed by atoms with Gasteiger partial charge in [0.05, 0.1) is 5.69 Å². The van der Waals surface area contributed by atoms with Gasteiger partial charge < -0.3 is 5.73 Å². The van der Waals surface area contributed by atoms with Crippen LogP contribution in [0.25, 0.3) is 0 Å². The summed E-state index contributed by atoms with van der Waals surface area (Å²) in [7, 11) is 0. The highest BCUT2D eigenvalue weighted by Gasteiger charge is 2.30. The standard InChI is InChI=1S/C14H26N4/c1-4-12(3)18-8-6-13(16-18)10-17-7-5-11(2)14(17)9-15/h6,8,11-12,14H,4-5,7,9-10,15H2,1-3H3. The quantitative estimate of drug-likeness (QED) is 0.869. The highest BCUT2D eigenvalue weighted by Crippen LogP contribution is 2.24. The number of rotatable bonds is 5. The van der Waals surface area contributed by atoms with Gasteiger partial charge in [0.2, 0.25) is 0 Å². The van der Waals surface area contributed by atoms with Crippen LogP contribution >= 0.6 is 0 Å². The molecule has 0 amide bonds. The van der Waals surface area contributed by atoms with Crippen LogP contribution in [0.5, 0.6) is 0 Å². The average molecular weight is 250 g/mol. The maximum atomic E-state index is 5.88. The minimum absolute atomic E-state index is 0.488. The van der Waals surface area contributed by atoms with Gasteiger partial charge in [0.25, 0.3) is 0 Å². The van der Waals surface area contributed by atoms with Crippen molar-refractivity contribution in [3.05, 3.63) is 18.0 Å². The summed E-state index contributed by atoms with van der Waals surface area (Å²) in [6.45, 7) is 9.55. The van der Waals surface area contributed by atoms with Crippen molar-refractivity contribution >= 4 is 0 Å². The zero-order chi connectivity index (χ0) is 13.1. The van der Waals surface area contributed by atoms with E-state index in [9.17, 15) is 0 Å². The second-order valence-corrected chi connectivity index (χ2v) is 5.58. The smallest absolute Gasteiger partial charge is 0.0765 e. The molecule has 1 saturated heterocycles. The van der Waals surface area contributed by atoms with Crippen LogP contribution in [0.3, 0.4) is 0 Å². The van der Waals surface area contributed by atoms with Gasteiger partial charge in [-0.1, -0.05) is 13.8 Å². The van der Waals surface area contributed by atoms with Crippen molar-refractivity contribution in [1.82, 2.24) is 14.7 Å². The Hall–Kier alpha value is -0.870. The van der Waals surface area contributed by atoms with Gasteiger partial charge in [-0.2, -0.15) is 5.10 Å². The largest absolute Gasteiger partial charge is 0.329 e. The lowest BCUT2D eigenvalue weighted by molar-refractivity contribution is 0.225. The maximum Gasteiger partial charge on any atom is 0.0765 e. The summed E-state index contributed by atoms with van der Waals surface area (Å²) in [5, 5.41) is 4.67. The van der Waals surface area contributed by atoms with Crippen LogP contribution in [0.15, 0.2) is 12.3 Å². The van der Waals surface area contributed by atoms with E-state index in [1.165, 1.54) is 12.1 Å². The van der Waals surface area contributed by atoms with E-state index in [1.54, 1.807) is 0 Å². The molecular weight excluding hydrogens is 224 g/mol. The Labute approximate surface area is 110 Å². The van der Waals surface area contributed by atoms with Crippen LogP contribution in [0, 0.1) is 5.92 Å². The molecule has 0 aromatic carbocycles. The fourth-order valence-corrected chi connectivity index (χ4v) is 2.77. The second-order valence-electron chi connectivity index (χ2n) is 5.58. The molecule has 4 heteroatoms. The summed E-state index contributed by atoms with van der Waals surface area (Å²) >= 11 is 0. The lowest BCUT2D eigenvalue weighted by atomic mass is 10.0. The lowest BCUT2D eigenvalue weighted by Crippen LogP contribution is -2.37. The summed E-state index contributed by atoms with van der Waals surface area (Å²) in [5.74, 6) is 0.714. The van der Waals surface area contributed by atoms with Crippen molar-refractivity contribution in [2.45, 2.75) is 52.2 Å². The number of aromatic nitrogens is 2. The van der Waals surface area contributed by atoms with E-state index < -0.39 is 0 Å². The Balaban J connectivity index is 1.99. The van der Waals surface area contributed by atoms with Crippen molar-refractivity contribution in [2.24, 2.45) is 11.7 Å². The van der Waals surface area contributed by atoms with Crippen molar-refractivity contribution in [2.75, 3.05) is 13.1 Å². The summed E-state index contributed by atoms with van der Waals surface area (Å²) in [5.41, 5.74) is 7.05. The molecule has 2 heterocycles. The molecule has 1 aliphatic rings. The molecule has 3 unspecified atom stereocenters. The molecule has 1 aliphatic heterocycles. The van der Waals surface area contributed by atoms with Crippen LogP contribution < -0.4 is 5.73 Å². The summed E-state index contributed by atoms with van der Waals surface area (Å²) in [6.07, 6.45) is 4.47. The third-order valence-electron chi connectivity index (χ3n) is 4.31. The topological polar surface area (TPSA) is 47.1 Å². The van der Waals surface area contributed by atoms with Crippen LogP contribution in [0.2, 0.25) is 0 Å². The third-order valence-corrected chi connectivity index (χ3v) is 4.31. The maximum absolute atomic E-state index is 5.88. The van der Waals surface area contributed by atoms with Crippen molar-refractivity contribution < 1.29 is 0 Å². The van der Waals surface area contributed by atoms with Gasteiger partial charge in [-0.05, 0) is 38.3 Å². The van der Waals surface area contributed by atoms with E-state index in [2.05, 4.69) is 47.7 Å². The highest BCUT2D eigenvalue weighted by atomic mass is 15.3. The van der Waals surface area contributed by atoms with Crippen molar-refractivity contribution in [1.29, 1.82) is 0 Å². The first kappa shape index (κ1) is 13.6. The molecule has 2 N–H and O–H groups in total. The summed E-state index contributed by atoms with van der Waals surface area (Å²) < 4.78 is 2.08.